The number of nitrogens with one attached hydrogen (secondary N) is 3. The first-order valence-corrected chi connectivity index (χ1v) is 6.43. The highest BCUT2D eigenvalue weighted by Gasteiger charge is 2.26. The summed E-state index contributed by atoms with van der Waals surface area (Å²) in [6.45, 7) is 3.67. The lowest BCUT2D eigenvalue weighted by atomic mass is 10.1. The Kier molecular flexibility index (Phi) is 3.99. The molecule has 2 aliphatic rings. The van der Waals surface area contributed by atoms with Crippen molar-refractivity contribution >= 4 is 11.8 Å². The fourth-order valence-electron chi connectivity index (χ4n) is 2.63. The van der Waals surface area contributed by atoms with Crippen molar-refractivity contribution < 1.29 is 9.59 Å². The zero-order valence-electron chi connectivity index (χ0n) is 10.3. The average Bonchev–Trinajstić information content (AvgIpc) is 2.73. The van der Waals surface area contributed by atoms with Crippen molar-refractivity contribution in [2.24, 2.45) is 11.8 Å². The summed E-state index contributed by atoms with van der Waals surface area (Å²) in [6, 6.07) is -0.272. The molecule has 2 fully saturated rings. The topological polar surface area (TPSA) is 70.2 Å². The molecule has 3 unspecified atom stereocenters. The molecule has 0 spiro atoms. The van der Waals surface area contributed by atoms with E-state index in [-0.39, 0.29) is 24.4 Å². The molecule has 0 bridgehead atoms. The summed E-state index contributed by atoms with van der Waals surface area (Å²) < 4.78 is 0. The summed E-state index contributed by atoms with van der Waals surface area (Å²) in [7, 11) is 0. The van der Waals surface area contributed by atoms with Crippen molar-refractivity contribution in [2.75, 3.05) is 19.6 Å². The van der Waals surface area contributed by atoms with Gasteiger partial charge in [-0.25, -0.2) is 0 Å². The van der Waals surface area contributed by atoms with Crippen LogP contribution in [0.5, 0.6) is 0 Å². The zero-order chi connectivity index (χ0) is 12.3. The van der Waals surface area contributed by atoms with Crippen LogP contribution in [-0.4, -0.2) is 37.5 Å². The molecule has 3 N–H and O–H groups in total. The van der Waals surface area contributed by atoms with E-state index in [0.29, 0.717) is 12.5 Å². The molecule has 5 nitrogen and oxygen atoms in total. The highest BCUT2D eigenvalue weighted by Crippen LogP contribution is 2.29. The molecule has 2 amide bonds. The van der Waals surface area contributed by atoms with E-state index in [0.717, 1.165) is 12.5 Å². The first-order valence-electron chi connectivity index (χ1n) is 6.43. The second-order valence-electron chi connectivity index (χ2n) is 5.27. The molecule has 5 heteroatoms. The molecule has 1 aliphatic heterocycles. The number of amides is 2. The summed E-state index contributed by atoms with van der Waals surface area (Å²) in [6.07, 6.45) is 3.71. The molecular weight excluding hydrogens is 218 g/mol. The third kappa shape index (κ3) is 3.43. The maximum absolute atomic E-state index is 11.8. The zero-order valence-corrected chi connectivity index (χ0v) is 10.3. The Bertz CT molecular complexity index is 296. The fourth-order valence-corrected chi connectivity index (χ4v) is 2.63. The van der Waals surface area contributed by atoms with Crippen LogP contribution in [0.1, 0.15) is 26.2 Å². The minimum Gasteiger partial charge on any atom is -0.354 e. The number of piperazine rings is 1. The van der Waals surface area contributed by atoms with Gasteiger partial charge >= 0.3 is 0 Å². The Morgan fingerprint density at radius 3 is 2.88 bits per heavy atom. The van der Waals surface area contributed by atoms with Gasteiger partial charge in [0.15, 0.2) is 0 Å². The molecule has 3 atom stereocenters. The molecule has 0 radical (unpaired) electrons. The van der Waals surface area contributed by atoms with E-state index in [2.05, 4.69) is 22.9 Å². The van der Waals surface area contributed by atoms with E-state index >= 15 is 0 Å². The summed E-state index contributed by atoms with van der Waals surface area (Å²) in [4.78, 5) is 22.7. The SMILES string of the molecule is CC1CCC(CNC(=O)C2CNC(=O)CN2)C1. The number of hydrogen-bond donors (Lipinski definition) is 3. The van der Waals surface area contributed by atoms with Crippen LogP contribution in [0.3, 0.4) is 0 Å². The third-order valence-corrected chi connectivity index (χ3v) is 3.70. The second-order valence-corrected chi connectivity index (χ2v) is 5.27. The van der Waals surface area contributed by atoms with Crippen LogP contribution in [0.15, 0.2) is 0 Å². The van der Waals surface area contributed by atoms with Crippen LogP contribution in [-0.2, 0) is 9.59 Å². The Labute approximate surface area is 102 Å². The van der Waals surface area contributed by atoms with Gasteiger partial charge < -0.3 is 10.6 Å². The second kappa shape index (κ2) is 5.49. The summed E-state index contributed by atoms with van der Waals surface area (Å²) in [5.74, 6) is 1.39. The summed E-state index contributed by atoms with van der Waals surface area (Å²) >= 11 is 0. The maximum Gasteiger partial charge on any atom is 0.238 e. The van der Waals surface area contributed by atoms with E-state index in [1.54, 1.807) is 0 Å². The van der Waals surface area contributed by atoms with Gasteiger partial charge in [0, 0.05) is 13.1 Å². The monoisotopic (exact) mass is 239 g/mol. The lowest BCUT2D eigenvalue weighted by Crippen LogP contribution is -2.58. The van der Waals surface area contributed by atoms with E-state index in [4.69, 9.17) is 0 Å². The van der Waals surface area contributed by atoms with Gasteiger partial charge in [0.05, 0.1) is 6.54 Å². The van der Waals surface area contributed by atoms with Crippen molar-refractivity contribution in [3.05, 3.63) is 0 Å². The lowest BCUT2D eigenvalue weighted by Gasteiger charge is -2.23. The molecule has 1 heterocycles. The Morgan fingerprint density at radius 1 is 1.47 bits per heavy atom. The Balaban J connectivity index is 1.68. The molecule has 0 aromatic rings. The molecule has 17 heavy (non-hydrogen) atoms. The predicted octanol–water partition coefficient (Wildman–Crippen LogP) is -0.373. The summed E-state index contributed by atoms with van der Waals surface area (Å²) in [5.41, 5.74) is 0. The number of carbonyl (C=O) groups excluding carboxylic acids is 2. The van der Waals surface area contributed by atoms with Crippen molar-refractivity contribution in [2.45, 2.75) is 32.2 Å². The minimum atomic E-state index is -0.272. The minimum absolute atomic E-state index is 0.00422. The average molecular weight is 239 g/mol. The lowest BCUT2D eigenvalue weighted by molar-refractivity contribution is -0.126. The van der Waals surface area contributed by atoms with Gasteiger partial charge in [-0.15, -0.1) is 0 Å². The van der Waals surface area contributed by atoms with E-state index in [1.165, 1.54) is 19.3 Å². The molecule has 1 aliphatic carbocycles. The molecule has 0 aromatic heterocycles. The van der Waals surface area contributed by atoms with Gasteiger partial charge in [-0.1, -0.05) is 13.3 Å². The van der Waals surface area contributed by atoms with Crippen LogP contribution in [0.25, 0.3) is 0 Å². The van der Waals surface area contributed by atoms with Crippen LogP contribution in [0, 0.1) is 11.8 Å². The first kappa shape index (κ1) is 12.4. The first-order chi connectivity index (χ1) is 8.15. The van der Waals surface area contributed by atoms with Crippen molar-refractivity contribution in [3.63, 3.8) is 0 Å². The third-order valence-electron chi connectivity index (χ3n) is 3.70. The quantitative estimate of drug-likeness (QED) is 0.629. The largest absolute Gasteiger partial charge is 0.354 e. The van der Waals surface area contributed by atoms with Crippen LogP contribution >= 0.6 is 0 Å². The van der Waals surface area contributed by atoms with Gasteiger partial charge in [0.2, 0.25) is 11.8 Å². The normalized spacial score (nSPS) is 33.2. The van der Waals surface area contributed by atoms with Gasteiger partial charge in [-0.2, -0.15) is 0 Å². The van der Waals surface area contributed by atoms with Gasteiger partial charge in [-0.3, -0.25) is 14.9 Å². The van der Waals surface area contributed by atoms with Crippen LogP contribution < -0.4 is 16.0 Å². The maximum atomic E-state index is 11.8. The van der Waals surface area contributed by atoms with Gasteiger partial charge in [-0.05, 0) is 24.7 Å². The van der Waals surface area contributed by atoms with Crippen molar-refractivity contribution in [1.82, 2.24) is 16.0 Å². The van der Waals surface area contributed by atoms with Gasteiger partial charge in [0.1, 0.15) is 6.04 Å². The molecule has 1 saturated carbocycles. The molecule has 2 rings (SSSR count). The number of hydrogen-bond acceptors (Lipinski definition) is 3. The smallest absolute Gasteiger partial charge is 0.238 e. The molecule has 0 aromatic carbocycles. The van der Waals surface area contributed by atoms with E-state index in [9.17, 15) is 9.59 Å². The van der Waals surface area contributed by atoms with Crippen molar-refractivity contribution in [1.29, 1.82) is 0 Å². The van der Waals surface area contributed by atoms with Gasteiger partial charge in [0.25, 0.3) is 0 Å². The van der Waals surface area contributed by atoms with Crippen LogP contribution in [0.2, 0.25) is 0 Å². The van der Waals surface area contributed by atoms with Crippen molar-refractivity contribution in [3.8, 4) is 0 Å². The highest BCUT2D eigenvalue weighted by molar-refractivity contribution is 5.86. The number of carbonyl (C=O) groups is 2. The summed E-state index contributed by atoms with van der Waals surface area (Å²) in [5, 5.41) is 8.59. The highest BCUT2D eigenvalue weighted by atomic mass is 16.2. The number of rotatable bonds is 3. The molecule has 96 valence electrons. The fraction of sp³-hybridized carbons (Fsp3) is 0.833. The molecular formula is C12H21N3O2. The predicted molar refractivity (Wildman–Crippen MR) is 64.3 cm³/mol. The molecule has 1 saturated heterocycles. The van der Waals surface area contributed by atoms with E-state index < -0.39 is 0 Å². The van der Waals surface area contributed by atoms with Crippen LogP contribution in [0.4, 0.5) is 0 Å². The standard InChI is InChI=1S/C12H21N3O2/c1-8-2-3-9(4-8)5-15-12(17)10-6-14-11(16)7-13-10/h8-10,13H,2-7H2,1H3,(H,14,16)(H,15,17). The Hall–Kier alpha value is -1.10. The van der Waals surface area contributed by atoms with E-state index in [1.807, 2.05) is 0 Å². The Morgan fingerprint density at radius 2 is 2.29 bits per heavy atom.